The molecule has 1 heterocycles. The van der Waals surface area contributed by atoms with Crippen LogP contribution in [0.2, 0.25) is 5.02 Å². The Morgan fingerprint density at radius 1 is 1.40 bits per heavy atom. The van der Waals surface area contributed by atoms with E-state index in [-0.39, 0.29) is 11.2 Å². The van der Waals surface area contributed by atoms with Gasteiger partial charge in [-0.05, 0) is 24.3 Å². The lowest BCUT2D eigenvalue weighted by Crippen LogP contribution is -2.36. The molecule has 2 rings (SSSR count). The largest absolute Gasteiger partial charge is 0.504 e. The fraction of sp³-hybridized carbons (Fsp3) is 0.600. The molecule has 5 heteroatoms. The quantitative estimate of drug-likeness (QED) is 0.878. The van der Waals surface area contributed by atoms with Gasteiger partial charge in [-0.25, -0.2) is 0 Å². The van der Waals surface area contributed by atoms with Crippen molar-refractivity contribution in [3.8, 4) is 11.5 Å². The molecule has 1 aliphatic rings. The minimum atomic E-state index is 0.154. The van der Waals surface area contributed by atoms with Gasteiger partial charge in [-0.15, -0.1) is 0 Å². The number of phenols is 1. The van der Waals surface area contributed by atoms with Gasteiger partial charge in [0.25, 0.3) is 0 Å². The molecule has 1 aliphatic heterocycles. The first-order valence-corrected chi connectivity index (χ1v) is 7.26. The number of methoxy groups -OCH3 is 1. The Labute approximate surface area is 125 Å². The molecule has 1 aromatic carbocycles. The minimum absolute atomic E-state index is 0.154. The van der Waals surface area contributed by atoms with Gasteiger partial charge in [0.15, 0.2) is 11.5 Å². The van der Waals surface area contributed by atoms with Crippen LogP contribution in [-0.4, -0.2) is 32.0 Å². The highest BCUT2D eigenvalue weighted by Crippen LogP contribution is 2.34. The van der Waals surface area contributed by atoms with E-state index in [1.165, 1.54) is 7.11 Å². The standard InChI is InChI=1S/C15H22ClNO3/c1-15(3-5-20-6-4-15)10-17-9-11-7-12(16)8-13(19-2)14(11)18/h7-8,17-18H,3-6,9-10H2,1-2H3. The molecule has 1 aromatic rings. The van der Waals surface area contributed by atoms with Gasteiger partial charge in [-0.2, -0.15) is 0 Å². The first kappa shape index (κ1) is 15.4. The SMILES string of the molecule is COc1cc(Cl)cc(CNCC2(C)CCOCC2)c1O. The summed E-state index contributed by atoms with van der Waals surface area (Å²) >= 11 is 6.02. The zero-order chi connectivity index (χ0) is 14.6. The van der Waals surface area contributed by atoms with Crippen LogP contribution in [0.25, 0.3) is 0 Å². The molecular formula is C15H22ClNO3. The monoisotopic (exact) mass is 299 g/mol. The lowest BCUT2D eigenvalue weighted by molar-refractivity contribution is 0.0240. The first-order valence-electron chi connectivity index (χ1n) is 6.88. The fourth-order valence-electron chi connectivity index (χ4n) is 2.46. The number of rotatable bonds is 5. The maximum absolute atomic E-state index is 10.1. The van der Waals surface area contributed by atoms with Crippen molar-refractivity contribution in [1.29, 1.82) is 0 Å². The average Bonchev–Trinajstić information content (AvgIpc) is 2.43. The number of benzene rings is 1. The van der Waals surface area contributed by atoms with Gasteiger partial charge in [0.05, 0.1) is 7.11 Å². The van der Waals surface area contributed by atoms with Gasteiger partial charge in [-0.3, -0.25) is 0 Å². The van der Waals surface area contributed by atoms with Crippen LogP contribution in [0.15, 0.2) is 12.1 Å². The van der Waals surface area contributed by atoms with E-state index < -0.39 is 0 Å². The van der Waals surface area contributed by atoms with Crippen LogP contribution in [0.4, 0.5) is 0 Å². The predicted molar refractivity (Wildman–Crippen MR) is 79.5 cm³/mol. The van der Waals surface area contributed by atoms with Crippen molar-refractivity contribution in [3.05, 3.63) is 22.7 Å². The van der Waals surface area contributed by atoms with E-state index in [4.69, 9.17) is 21.1 Å². The van der Waals surface area contributed by atoms with Crippen molar-refractivity contribution in [2.24, 2.45) is 5.41 Å². The molecule has 0 amide bonds. The number of aromatic hydroxyl groups is 1. The van der Waals surface area contributed by atoms with Crippen LogP contribution >= 0.6 is 11.6 Å². The van der Waals surface area contributed by atoms with Gasteiger partial charge < -0.3 is 19.9 Å². The zero-order valence-corrected chi connectivity index (χ0v) is 12.8. The molecule has 4 nitrogen and oxygen atoms in total. The van der Waals surface area contributed by atoms with Crippen LogP contribution in [0.5, 0.6) is 11.5 Å². The smallest absolute Gasteiger partial charge is 0.162 e. The number of halogens is 1. The normalized spacial score (nSPS) is 17.9. The van der Waals surface area contributed by atoms with E-state index in [0.717, 1.165) is 38.2 Å². The molecule has 0 unspecified atom stereocenters. The minimum Gasteiger partial charge on any atom is -0.504 e. The van der Waals surface area contributed by atoms with E-state index in [2.05, 4.69) is 12.2 Å². The Kier molecular flexibility index (Phi) is 5.13. The zero-order valence-electron chi connectivity index (χ0n) is 12.0. The van der Waals surface area contributed by atoms with Crippen molar-refractivity contribution < 1.29 is 14.6 Å². The highest BCUT2D eigenvalue weighted by atomic mass is 35.5. The second-order valence-electron chi connectivity index (χ2n) is 5.64. The molecule has 1 fully saturated rings. The van der Waals surface area contributed by atoms with Gasteiger partial charge in [0.1, 0.15) is 0 Å². The molecule has 112 valence electrons. The molecule has 0 bridgehead atoms. The van der Waals surface area contributed by atoms with Crippen molar-refractivity contribution in [1.82, 2.24) is 5.32 Å². The van der Waals surface area contributed by atoms with E-state index in [0.29, 0.717) is 17.3 Å². The second-order valence-corrected chi connectivity index (χ2v) is 6.08. The van der Waals surface area contributed by atoms with E-state index in [1.54, 1.807) is 12.1 Å². The summed E-state index contributed by atoms with van der Waals surface area (Å²) in [4.78, 5) is 0. The summed E-state index contributed by atoms with van der Waals surface area (Å²) in [6, 6.07) is 3.37. The van der Waals surface area contributed by atoms with Gasteiger partial charge in [0, 0.05) is 43.0 Å². The summed E-state index contributed by atoms with van der Waals surface area (Å²) < 4.78 is 10.5. The van der Waals surface area contributed by atoms with Crippen LogP contribution in [0, 0.1) is 5.41 Å². The van der Waals surface area contributed by atoms with Crippen LogP contribution in [0.3, 0.4) is 0 Å². The summed E-state index contributed by atoms with van der Waals surface area (Å²) in [5.74, 6) is 0.563. The summed E-state index contributed by atoms with van der Waals surface area (Å²) in [7, 11) is 1.52. The molecule has 0 aliphatic carbocycles. The number of hydrogen-bond acceptors (Lipinski definition) is 4. The number of ether oxygens (including phenoxy) is 2. The average molecular weight is 300 g/mol. The van der Waals surface area contributed by atoms with Crippen molar-refractivity contribution in [3.63, 3.8) is 0 Å². The summed E-state index contributed by atoms with van der Waals surface area (Å²) in [5.41, 5.74) is 1.02. The van der Waals surface area contributed by atoms with E-state index in [9.17, 15) is 5.11 Å². The lowest BCUT2D eigenvalue weighted by atomic mass is 9.82. The number of phenolic OH excluding ortho intramolecular Hbond substituents is 1. The van der Waals surface area contributed by atoms with Crippen LogP contribution < -0.4 is 10.1 Å². The van der Waals surface area contributed by atoms with Crippen molar-refractivity contribution >= 4 is 11.6 Å². The van der Waals surface area contributed by atoms with E-state index >= 15 is 0 Å². The predicted octanol–water partition coefficient (Wildman–Crippen LogP) is 2.96. The highest BCUT2D eigenvalue weighted by Gasteiger charge is 2.26. The molecule has 20 heavy (non-hydrogen) atoms. The Hall–Kier alpha value is -0.970. The van der Waals surface area contributed by atoms with Gasteiger partial charge in [-0.1, -0.05) is 18.5 Å². The molecule has 0 radical (unpaired) electrons. The fourth-order valence-corrected chi connectivity index (χ4v) is 2.69. The van der Waals surface area contributed by atoms with Gasteiger partial charge >= 0.3 is 0 Å². The maximum Gasteiger partial charge on any atom is 0.162 e. The third kappa shape index (κ3) is 3.78. The van der Waals surface area contributed by atoms with Crippen molar-refractivity contribution in [2.75, 3.05) is 26.9 Å². The Balaban J connectivity index is 1.95. The third-order valence-corrected chi connectivity index (χ3v) is 4.12. The van der Waals surface area contributed by atoms with Crippen LogP contribution in [0.1, 0.15) is 25.3 Å². The molecule has 0 saturated carbocycles. The molecular weight excluding hydrogens is 278 g/mol. The number of hydrogen-bond donors (Lipinski definition) is 2. The molecule has 1 saturated heterocycles. The topological polar surface area (TPSA) is 50.7 Å². The summed E-state index contributed by atoms with van der Waals surface area (Å²) in [5, 5.41) is 14.0. The molecule has 0 atom stereocenters. The molecule has 2 N–H and O–H groups in total. The first-order chi connectivity index (χ1) is 9.54. The Morgan fingerprint density at radius 2 is 2.10 bits per heavy atom. The molecule has 0 spiro atoms. The maximum atomic E-state index is 10.1. The Bertz CT molecular complexity index is 459. The van der Waals surface area contributed by atoms with Gasteiger partial charge in [0.2, 0.25) is 0 Å². The second kappa shape index (κ2) is 6.66. The van der Waals surface area contributed by atoms with Crippen molar-refractivity contribution in [2.45, 2.75) is 26.3 Å². The Morgan fingerprint density at radius 3 is 2.75 bits per heavy atom. The van der Waals surface area contributed by atoms with Crippen LogP contribution in [-0.2, 0) is 11.3 Å². The summed E-state index contributed by atoms with van der Waals surface area (Å²) in [6.45, 7) is 5.38. The lowest BCUT2D eigenvalue weighted by Gasteiger charge is -2.33. The molecule has 0 aromatic heterocycles. The van der Waals surface area contributed by atoms with E-state index in [1.807, 2.05) is 0 Å². The third-order valence-electron chi connectivity index (χ3n) is 3.91. The summed E-state index contributed by atoms with van der Waals surface area (Å²) in [6.07, 6.45) is 2.12. The number of nitrogens with one attached hydrogen (secondary N) is 1. The highest BCUT2D eigenvalue weighted by molar-refractivity contribution is 6.30.